The van der Waals surface area contributed by atoms with Crippen LogP contribution in [0.15, 0.2) is 0 Å². The van der Waals surface area contributed by atoms with Gasteiger partial charge in [0.15, 0.2) is 0 Å². The summed E-state index contributed by atoms with van der Waals surface area (Å²) >= 11 is 0. The van der Waals surface area contributed by atoms with Gasteiger partial charge in [0.1, 0.15) is 18.3 Å². The SMILES string of the molecule is CCC(CC(C)C)OC[C@@H](COCC(COCC(COCC(COCC(CC(C)C)C(C)C)C(C)C)OC(COCC1COCC(CC)O1)CC(C)C)OC[C@H](CC(C)C)C(C)C)C(C)C. The van der Waals surface area contributed by atoms with Gasteiger partial charge in [0.25, 0.3) is 0 Å². The molecule has 10 nitrogen and oxygen atoms in total. The van der Waals surface area contributed by atoms with Gasteiger partial charge in [-0.2, -0.15) is 0 Å². The van der Waals surface area contributed by atoms with Crippen LogP contribution >= 0.6 is 0 Å². The number of hydrogen-bond donors (Lipinski definition) is 0. The second-order valence-electron chi connectivity index (χ2n) is 23.2. The summed E-state index contributed by atoms with van der Waals surface area (Å²) in [7, 11) is 0. The Hall–Kier alpha value is -0.400. The zero-order valence-electron chi connectivity index (χ0n) is 46.6. The molecule has 0 aliphatic carbocycles. The van der Waals surface area contributed by atoms with Gasteiger partial charge in [0.2, 0.25) is 0 Å². The molecular weight excluding hydrogens is 833 g/mol. The van der Waals surface area contributed by atoms with E-state index < -0.39 is 0 Å². The van der Waals surface area contributed by atoms with E-state index in [0.29, 0.717) is 151 Å². The molecule has 1 aliphatic rings. The summed E-state index contributed by atoms with van der Waals surface area (Å²) in [6, 6.07) is 0. The van der Waals surface area contributed by atoms with Crippen molar-refractivity contribution < 1.29 is 47.4 Å². The van der Waals surface area contributed by atoms with Crippen LogP contribution in [-0.2, 0) is 47.4 Å². The minimum atomic E-state index is -0.299. The van der Waals surface area contributed by atoms with E-state index in [1.807, 2.05) is 0 Å². The Kier molecular flexibility index (Phi) is 36.0. The maximum Gasteiger partial charge on any atom is 0.105 e. The van der Waals surface area contributed by atoms with Gasteiger partial charge in [-0.05, 0) is 97.7 Å². The van der Waals surface area contributed by atoms with Gasteiger partial charge < -0.3 is 47.4 Å². The molecule has 0 aromatic rings. The second kappa shape index (κ2) is 37.4. The molecule has 10 heteroatoms. The van der Waals surface area contributed by atoms with Gasteiger partial charge in [0.05, 0.1) is 104 Å². The van der Waals surface area contributed by atoms with Crippen LogP contribution in [0.4, 0.5) is 0 Å². The lowest BCUT2D eigenvalue weighted by Gasteiger charge is -2.31. The quantitative estimate of drug-likeness (QED) is 0.0589. The molecule has 1 heterocycles. The fraction of sp³-hybridized carbons (Fsp3) is 1.00. The van der Waals surface area contributed by atoms with E-state index >= 15 is 0 Å². The summed E-state index contributed by atoms with van der Waals surface area (Å²) in [6.07, 6.45) is 5.88. The standard InChI is InChI=1S/C56H112O10/c1-19-51(23-41(7)8)63-30-50(46(17)18)28-58-33-54(64-29-48(44(13)14)22-40(5)6)34-62-38-56(35-59-27-49(45(15)16)26-57-25-47(43(11)12)21-39(3)4)66-53(24-42(9)10)32-61-37-55-36-60-31-52(20-2)65-55/h39-56H,19-38H2,1-18H3/t47?,48-,49?,50+,51?,52?,53?,54?,55?,56?/m0/s1. The van der Waals surface area contributed by atoms with Gasteiger partial charge in [-0.1, -0.05) is 125 Å². The molecule has 10 atom stereocenters. The Bertz CT molecular complexity index is 1100. The monoisotopic (exact) mass is 945 g/mol. The van der Waals surface area contributed by atoms with Crippen LogP contribution < -0.4 is 0 Å². The van der Waals surface area contributed by atoms with Crippen LogP contribution in [0.5, 0.6) is 0 Å². The first-order valence-corrected chi connectivity index (χ1v) is 27.2. The summed E-state index contributed by atoms with van der Waals surface area (Å²) in [5, 5.41) is 0. The van der Waals surface area contributed by atoms with Gasteiger partial charge in [0, 0.05) is 18.4 Å². The summed E-state index contributed by atoms with van der Waals surface area (Å²) < 4.78 is 64.6. The third kappa shape index (κ3) is 31.0. The zero-order chi connectivity index (χ0) is 49.6. The van der Waals surface area contributed by atoms with E-state index in [4.69, 9.17) is 47.4 Å². The molecule has 0 N–H and O–H groups in total. The van der Waals surface area contributed by atoms with E-state index in [2.05, 4.69) is 125 Å². The number of ether oxygens (including phenoxy) is 10. The zero-order valence-corrected chi connectivity index (χ0v) is 46.6. The molecule has 0 saturated carbocycles. The number of rotatable bonds is 42. The van der Waals surface area contributed by atoms with Crippen LogP contribution in [0.2, 0.25) is 0 Å². The molecule has 1 aliphatic heterocycles. The first kappa shape index (κ1) is 63.6. The highest BCUT2D eigenvalue weighted by atomic mass is 16.6. The van der Waals surface area contributed by atoms with Crippen molar-refractivity contribution in [3.05, 3.63) is 0 Å². The van der Waals surface area contributed by atoms with Gasteiger partial charge in [-0.3, -0.25) is 0 Å². The van der Waals surface area contributed by atoms with Crippen LogP contribution in [0.1, 0.15) is 163 Å². The molecular formula is C56H112O10. The second-order valence-corrected chi connectivity index (χ2v) is 23.2. The lowest BCUT2D eigenvalue weighted by molar-refractivity contribution is -0.169. The molecule has 0 radical (unpaired) electrons. The Balaban J connectivity index is 3.19. The Morgan fingerprint density at radius 1 is 0.379 bits per heavy atom. The van der Waals surface area contributed by atoms with Crippen molar-refractivity contribution in [3.8, 4) is 0 Å². The smallest absolute Gasteiger partial charge is 0.105 e. The van der Waals surface area contributed by atoms with Crippen LogP contribution in [0.25, 0.3) is 0 Å². The maximum absolute atomic E-state index is 6.92. The first-order chi connectivity index (χ1) is 31.2. The highest BCUT2D eigenvalue weighted by Gasteiger charge is 2.27. The normalized spacial score (nSPS) is 20.1. The van der Waals surface area contributed by atoms with Crippen LogP contribution in [0, 0.1) is 71.0 Å². The molecule has 8 unspecified atom stereocenters. The molecule has 1 fully saturated rings. The fourth-order valence-electron chi connectivity index (χ4n) is 8.49. The van der Waals surface area contributed by atoms with Crippen molar-refractivity contribution in [2.24, 2.45) is 71.0 Å². The highest BCUT2D eigenvalue weighted by Crippen LogP contribution is 2.24. The van der Waals surface area contributed by atoms with E-state index in [9.17, 15) is 0 Å². The summed E-state index contributed by atoms with van der Waals surface area (Å²) in [5.41, 5.74) is 0. The molecule has 396 valence electrons. The summed E-state index contributed by atoms with van der Waals surface area (Å²) in [4.78, 5) is 0. The molecule has 1 rings (SSSR count). The first-order valence-electron chi connectivity index (χ1n) is 27.2. The predicted molar refractivity (Wildman–Crippen MR) is 273 cm³/mol. The molecule has 66 heavy (non-hydrogen) atoms. The average molecular weight is 946 g/mol. The van der Waals surface area contributed by atoms with Gasteiger partial charge >= 0.3 is 0 Å². The van der Waals surface area contributed by atoms with Crippen molar-refractivity contribution >= 4 is 0 Å². The van der Waals surface area contributed by atoms with Crippen LogP contribution in [0.3, 0.4) is 0 Å². The van der Waals surface area contributed by atoms with Crippen molar-refractivity contribution in [2.45, 2.75) is 200 Å². The van der Waals surface area contributed by atoms with Crippen LogP contribution in [-0.4, -0.2) is 129 Å². The minimum Gasteiger partial charge on any atom is -0.381 e. The Labute approximate surface area is 409 Å². The third-order valence-corrected chi connectivity index (χ3v) is 13.3. The van der Waals surface area contributed by atoms with E-state index in [1.54, 1.807) is 0 Å². The molecule has 0 aromatic carbocycles. The highest BCUT2D eigenvalue weighted by molar-refractivity contribution is 4.73. The molecule has 1 saturated heterocycles. The summed E-state index contributed by atoms with van der Waals surface area (Å²) in [5.74, 6) is 5.85. The van der Waals surface area contributed by atoms with E-state index in [0.717, 1.165) is 38.7 Å². The molecule has 0 spiro atoms. The topological polar surface area (TPSA) is 92.3 Å². The van der Waals surface area contributed by atoms with Gasteiger partial charge in [-0.15, -0.1) is 0 Å². The summed E-state index contributed by atoms with van der Waals surface area (Å²) in [6.45, 7) is 48.7. The van der Waals surface area contributed by atoms with Crippen molar-refractivity contribution in [1.82, 2.24) is 0 Å². The lowest BCUT2D eigenvalue weighted by atomic mass is 9.88. The maximum atomic E-state index is 6.92. The van der Waals surface area contributed by atoms with Gasteiger partial charge in [-0.25, -0.2) is 0 Å². The molecule has 0 aromatic heterocycles. The Morgan fingerprint density at radius 2 is 0.758 bits per heavy atom. The van der Waals surface area contributed by atoms with E-state index in [1.165, 1.54) is 6.42 Å². The van der Waals surface area contributed by atoms with E-state index in [-0.39, 0.29) is 42.5 Å². The fourth-order valence-corrected chi connectivity index (χ4v) is 8.49. The number of hydrogen-bond acceptors (Lipinski definition) is 10. The molecule has 0 amide bonds. The largest absolute Gasteiger partial charge is 0.381 e. The lowest BCUT2D eigenvalue weighted by Crippen LogP contribution is -2.40. The minimum absolute atomic E-state index is 0.0706. The van der Waals surface area contributed by atoms with Crippen molar-refractivity contribution in [2.75, 3.05) is 92.5 Å². The Morgan fingerprint density at radius 3 is 1.24 bits per heavy atom. The average Bonchev–Trinajstić information content (AvgIpc) is 3.23. The third-order valence-electron chi connectivity index (χ3n) is 13.3. The predicted octanol–water partition coefficient (Wildman–Crippen LogP) is 12.5. The van der Waals surface area contributed by atoms with Crippen molar-refractivity contribution in [3.63, 3.8) is 0 Å². The van der Waals surface area contributed by atoms with Crippen molar-refractivity contribution in [1.29, 1.82) is 0 Å². The molecule has 0 bridgehead atoms.